The van der Waals surface area contributed by atoms with Gasteiger partial charge >= 0.3 is 6.36 Å². The SMILES string of the molecule is CN(CCOC(F)(F)F)Cc1ccc(CN)cc1. The van der Waals surface area contributed by atoms with Gasteiger partial charge in [-0.25, -0.2) is 0 Å². The smallest absolute Gasteiger partial charge is 0.326 e. The van der Waals surface area contributed by atoms with Crippen LogP contribution >= 0.6 is 0 Å². The molecule has 6 heteroatoms. The standard InChI is InChI=1S/C12H17F3N2O/c1-17(6-7-18-12(13,14)15)9-11-4-2-10(8-16)3-5-11/h2-5H,6-9,16H2,1H3. The Kier molecular flexibility index (Phi) is 5.58. The Morgan fingerprint density at radius 3 is 2.22 bits per heavy atom. The van der Waals surface area contributed by atoms with Gasteiger partial charge in [-0.3, -0.25) is 9.64 Å². The van der Waals surface area contributed by atoms with Crippen molar-refractivity contribution < 1.29 is 17.9 Å². The Morgan fingerprint density at radius 2 is 1.72 bits per heavy atom. The largest absolute Gasteiger partial charge is 0.522 e. The summed E-state index contributed by atoms with van der Waals surface area (Å²) >= 11 is 0. The minimum Gasteiger partial charge on any atom is -0.326 e. The van der Waals surface area contributed by atoms with Crippen LogP contribution in [0.2, 0.25) is 0 Å². The number of hydrogen-bond donors (Lipinski definition) is 1. The van der Waals surface area contributed by atoms with Gasteiger partial charge < -0.3 is 5.73 Å². The summed E-state index contributed by atoms with van der Waals surface area (Å²) in [6, 6.07) is 7.66. The van der Waals surface area contributed by atoms with E-state index in [1.54, 1.807) is 11.9 Å². The number of hydrogen-bond acceptors (Lipinski definition) is 3. The van der Waals surface area contributed by atoms with Gasteiger partial charge in [0.2, 0.25) is 0 Å². The molecule has 18 heavy (non-hydrogen) atoms. The molecule has 1 aromatic carbocycles. The van der Waals surface area contributed by atoms with Crippen LogP contribution in [0.4, 0.5) is 13.2 Å². The van der Waals surface area contributed by atoms with E-state index < -0.39 is 6.36 Å². The highest BCUT2D eigenvalue weighted by atomic mass is 19.4. The lowest BCUT2D eigenvalue weighted by molar-refractivity contribution is -0.324. The average Bonchev–Trinajstić information content (AvgIpc) is 2.28. The lowest BCUT2D eigenvalue weighted by Crippen LogP contribution is -2.26. The summed E-state index contributed by atoms with van der Waals surface area (Å²) in [6.07, 6.45) is -4.55. The highest BCUT2D eigenvalue weighted by Crippen LogP contribution is 2.15. The number of rotatable bonds is 6. The highest BCUT2D eigenvalue weighted by Gasteiger charge is 2.28. The summed E-state index contributed by atoms with van der Waals surface area (Å²) in [5.41, 5.74) is 7.53. The third kappa shape index (κ3) is 6.00. The molecule has 0 heterocycles. The third-order valence-corrected chi connectivity index (χ3v) is 2.45. The predicted molar refractivity (Wildman–Crippen MR) is 62.7 cm³/mol. The predicted octanol–water partition coefficient (Wildman–Crippen LogP) is 2.11. The molecular weight excluding hydrogens is 245 g/mol. The molecule has 0 spiro atoms. The van der Waals surface area contributed by atoms with E-state index in [0.717, 1.165) is 11.1 Å². The molecule has 0 unspecified atom stereocenters. The first kappa shape index (κ1) is 14.9. The molecule has 0 fully saturated rings. The van der Waals surface area contributed by atoms with E-state index in [0.29, 0.717) is 13.1 Å². The van der Waals surface area contributed by atoms with Gasteiger partial charge in [-0.2, -0.15) is 0 Å². The molecule has 1 aromatic rings. The molecular formula is C12H17F3N2O. The van der Waals surface area contributed by atoms with Crippen LogP contribution in [0.15, 0.2) is 24.3 Å². The van der Waals surface area contributed by atoms with Crippen LogP contribution in [-0.4, -0.2) is 31.5 Å². The summed E-state index contributed by atoms with van der Waals surface area (Å²) in [4.78, 5) is 1.77. The van der Waals surface area contributed by atoms with Crippen LogP contribution in [-0.2, 0) is 17.8 Å². The average molecular weight is 262 g/mol. The Balaban J connectivity index is 2.32. The fourth-order valence-corrected chi connectivity index (χ4v) is 1.49. The summed E-state index contributed by atoms with van der Waals surface area (Å²) in [7, 11) is 1.75. The monoisotopic (exact) mass is 262 g/mol. The Labute approximate surface area is 104 Å². The van der Waals surface area contributed by atoms with Crippen LogP contribution in [0.1, 0.15) is 11.1 Å². The fraction of sp³-hybridized carbons (Fsp3) is 0.500. The van der Waals surface area contributed by atoms with Crippen molar-refractivity contribution in [3.8, 4) is 0 Å². The van der Waals surface area contributed by atoms with Crippen molar-refractivity contribution in [2.24, 2.45) is 5.73 Å². The summed E-state index contributed by atoms with van der Waals surface area (Å²) in [5, 5.41) is 0. The Hall–Kier alpha value is -1.11. The molecule has 0 saturated carbocycles. The quantitative estimate of drug-likeness (QED) is 0.853. The maximum Gasteiger partial charge on any atom is 0.522 e. The zero-order valence-electron chi connectivity index (χ0n) is 10.2. The van der Waals surface area contributed by atoms with E-state index in [-0.39, 0.29) is 13.2 Å². The first-order valence-electron chi connectivity index (χ1n) is 5.58. The molecule has 2 N–H and O–H groups in total. The first-order valence-corrected chi connectivity index (χ1v) is 5.58. The van der Waals surface area contributed by atoms with Gasteiger partial charge in [-0.1, -0.05) is 24.3 Å². The number of likely N-dealkylation sites (N-methyl/N-ethyl adjacent to an activating group) is 1. The molecule has 0 bridgehead atoms. The van der Waals surface area contributed by atoms with Crippen LogP contribution in [0.25, 0.3) is 0 Å². The molecule has 102 valence electrons. The van der Waals surface area contributed by atoms with Crippen molar-refractivity contribution in [1.82, 2.24) is 4.90 Å². The lowest BCUT2D eigenvalue weighted by atomic mass is 10.1. The van der Waals surface area contributed by atoms with Gasteiger partial charge in [0.1, 0.15) is 0 Å². The molecule has 0 aliphatic rings. The second kappa shape index (κ2) is 6.72. The highest BCUT2D eigenvalue weighted by molar-refractivity contribution is 5.22. The maximum atomic E-state index is 11.8. The first-order chi connectivity index (χ1) is 8.40. The molecule has 0 aromatic heterocycles. The number of nitrogens with zero attached hydrogens (tertiary/aromatic N) is 1. The minimum atomic E-state index is -4.55. The molecule has 0 aliphatic carbocycles. The molecule has 0 saturated heterocycles. The van der Waals surface area contributed by atoms with Crippen LogP contribution in [0, 0.1) is 0 Å². The molecule has 0 aliphatic heterocycles. The third-order valence-electron chi connectivity index (χ3n) is 2.45. The van der Waals surface area contributed by atoms with E-state index in [1.807, 2.05) is 24.3 Å². The van der Waals surface area contributed by atoms with Crippen molar-refractivity contribution in [2.45, 2.75) is 19.5 Å². The fourth-order valence-electron chi connectivity index (χ4n) is 1.49. The van der Waals surface area contributed by atoms with Gasteiger partial charge in [0.05, 0.1) is 6.61 Å². The molecule has 1 rings (SSSR count). The second-order valence-electron chi connectivity index (χ2n) is 4.05. The van der Waals surface area contributed by atoms with Crippen molar-refractivity contribution in [2.75, 3.05) is 20.2 Å². The van der Waals surface area contributed by atoms with Crippen molar-refractivity contribution in [3.63, 3.8) is 0 Å². The number of halogens is 3. The van der Waals surface area contributed by atoms with E-state index in [4.69, 9.17) is 5.73 Å². The van der Waals surface area contributed by atoms with E-state index in [9.17, 15) is 13.2 Å². The van der Waals surface area contributed by atoms with Crippen LogP contribution in [0.5, 0.6) is 0 Å². The van der Waals surface area contributed by atoms with Gasteiger partial charge in [0.15, 0.2) is 0 Å². The molecule has 0 amide bonds. The van der Waals surface area contributed by atoms with Gasteiger partial charge in [0.25, 0.3) is 0 Å². The van der Waals surface area contributed by atoms with Gasteiger partial charge in [-0.15, -0.1) is 13.2 Å². The van der Waals surface area contributed by atoms with Crippen LogP contribution in [0.3, 0.4) is 0 Å². The van der Waals surface area contributed by atoms with E-state index in [1.165, 1.54) is 0 Å². The number of nitrogens with two attached hydrogens (primary N) is 1. The van der Waals surface area contributed by atoms with Crippen LogP contribution < -0.4 is 5.73 Å². The van der Waals surface area contributed by atoms with Crippen molar-refractivity contribution in [1.29, 1.82) is 0 Å². The van der Waals surface area contributed by atoms with Gasteiger partial charge in [-0.05, 0) is 18.2 Å². The summed E-state index contributed by atoms with van der Waals surface area (Å²) in [5.74, 6) is 0. The maximum absolute atomic E-state index is 11.8. The lowest BCUT2D eigenvalue weighted by Gasteiger charge is -2.17. The summed E-state index contributed by atoms with van der Waals surface area (Å²) in [6.45, 7) is 0.917. The molecule has 0 atom stereocenters. The summed E-state index contributed by atoms with van der Waals surface area (Å²) < 4.78 is 39.0. The molecule has 3 nitrogen and oxygen atoms in total. The Bertz CT molecular complexity index is 351. The second-order valence-corrected chi connectivity index (χ2v) is 4.05. The number of ether oxygens (including phenoxy) is 1. The zero-order valence-corrected chi connectivity index (χ0v) is 10.2. The van der Waals surface area contributed by atoms with Crippen molar-refractivity contribution >= 4 is 0 Å². The zero-order chi connectivity index (χ0) is 13.6. The number of alkyl halides is 3. The minimum absolute atomic E-state index is 0.220. The number of benzene rings is 1. The molecule has 0 radical (unpaired) electrons. The van der Waals surface area contributed by atoms with Crippen molar-refractivity contribution in [3.05, 3.63) is 35.4 Å². The van der Waals surface area contributed by atoms with E-state index >= 15 is 0 Å². The van der Waals surface area contributed by atoms with Gasteiger partial charge in [0, 0.05) is 19.6 Å². The normalized spacial score (nSPS) is 12.1. The Morgan fingerprint density at radius 1 is 1.17 bits per heavy atom. The van der Waals surface area contributed by atoms with E-state index in [2.05, 4.69) is 4.74 Å². The topological polar surface area (TPSA) is 38.5 Å².